The zero-order chi connectivity index (χ0) is 27.4. The molecular weight excluding hydrogens is 504 g/mol. The molecule has 8 heteroatoms. The van der Waals surface area contributed by atoms with E-state index in [1.165, 1.54) is 11.1 Å². The minimum absolute atomic E-state index is 0.186. The van der Waals surface area contributed by atoms with E-state index in [2.05, 4.69) is 40.5 Å². The predicted octanol–water partition coefficient (Wildman–Crippen LogP) is 3.25. The fraction of sp³-hybridized carbons (Fsp3) is 0.375. The monoisotopic (exact) mass is 536 g/mol. The second-order valence-electron chi connectivity index (χ2n) is 11.5. The zero-order valence-corrected chi connectivity index (χ0v) is 22.4. The highest BCUT2D eigenvalue weighted by molar-refractivity contribution is 6.27. The Labute approximate surface area is 232 Å². The van der Waals surface area contributed by atoms with Gasteiger partial charge in [0.2, 0.25) is 17.7 Å². The van der Waals surface area contributed by atoms with E-state index in [9.17, 15) is 19.2 Å². The maximum Gasteiger partial charge on any atom is 0.259 e. The molecule has 3 fully saturated rings. The number of hydrogen-bond donors (Lipinski definition) is 1. The van der Waals surface area contributed by atoms with Crippen molar-refractivity contribution in [1.82, 2.24) is 15.1 Å². The van der Waals surface area contributed by atoms with Crippen molar-refractivity contribution in [3.63, 3.8) is 0 Å². The second kappa shape index (κ2) is 9.86. The quantitative estimate of drug-likeness (QED) is 0.489. The van der Waals surface area contributed by atoms with Gasteiger partial charge in [0.1, 0.15) is 6.04 Å². The van der Waals surface area contributed by atoms with Crippen LogP contribution in [0.5, 0.6) is 0 Å². The Bertz CT molecular complexity index is 1540. The summed E-state index contributed by atoms with van der Waals surface area (Å²) >= 11 is 0. The molecule has 1 unspecified atom stereocenters. The molecule has 204 valence electrons. The van der Waals surface area contributed by atoms with Crippen LogP contribution in [0.15, 0.2) is 54.6 Å². The Morgan fingerprint density at radius 1 is 0.850 bits per heavy atom. The number of nitrogens with one attached hydrogen (secondary N) is 1. The van der Waals surface area contributed by atoms with Crippen molar-refractivity contribution in [2.45, 2.75) is 44.7 Å². The number of imide groups is 1. The molecule has 1 saturated carbocycles. The normalized spacial score (nSPS) is 21.3. The molecule has 0 bridgehead atoms. The van der Waals surface area contributed by atoms with Gasteiger partial charge in [-0.2, -0.15) is 0 Å². The van der Waals surface area contributed by atoms with E-state index in [1.807, 2.05) is 29.2 Å². The van der Waals surface area contributed by atoms with Gasteiger partial charge in [-0.3, -0.25) is 34.3 Å². The number of carbonyl (C=O) groups is 4. The Kier molecular flexibility index (Phi) is 6.15. The molecule has 7 rings (SSSR count). The number of hydrogen-bond acceptors (Lipinski definition) is 5. The summed E-state index contributed by atoms with van der Waals surface area (Å²) in [5.74, 6) is -0.250. The van der Waals surface area contributed by atoms with Gasteiger partial charge in [-0.05, 0) is 59.9 Å². The van der Waals surface area contributed by atoms with Crippen LogP contribution in [0.4, 0.5) is 5.69 Å². The van der Waals surface area contributed by atoms with Crippen LogP contribution in [-0.2, 0) is 27.3 Å². The van der Waals surface area contributed by atoms with Crippen LogP contribution < -0.4 is 10.2 Å². The third kappa shape index (κ3) is 4.46. The number of piperazine rings is 1. The zero-order valence-electron chi connectivity index (χ0n) is 22.4. The van der Waals surface area contributed by atoms with Crippen LogP contribution in [0.2, 0.25) is 0 Å². The van der Waals surface area contributed by atoms with Gasteiger partial charge >= 0.3 is 0 Å². The molecule has 1 N–H and O–H groups in total. The molecule has 4 amide bonds. The lowest BCUT2D eigenvalue weighted by Gasteiger charge is -2.35. The summed E-state index contributed by atoms with van der Waals surface area (Å²) in [6, 6.07) is 17.8. The lowest BCUT2D eigenvalue weighted by molar-refractivity contribution is -0.135. The number of amides is 4. The molecule has 0 spiro atoms. The number of nitrogens with zero attached hydrogens (tertiary/aromatic N) is 3. The van der Waals surface area contributed by atoms with Crippen LogP contribution in [0, 0.1) is 5.92 Å². The molecule has 2 saturated heterocycles. The largest absolute Gasteiger partial charge is 0.340 e. The van der Waals surface area contributed by atoms with Crippen molar-refractivity contribution in [3.05, 3.63) is 76.9 Å². The fourth-order valence-corrected chi connectivity index (χ4v) is 6.41. The summed E-state index contributed by atoms with van der Waals surface area (Å²) in [7, 11) is 0. The summed E-state index contributed by atoms with van der Waals surface area (Å²) in [5.41, 5.74) is 4.92. The van der Waals surface area contributed by atoms with Gasteiger partial charge in [-0.15, -0.1) is 0 Å². The van der Waals surface area contributed by atoms with E-state index < -0.39 is 11.9 Å². The van der Waals surface area contributed by atoms with E-state index in [4.69, 9.17) is 0 Å². The number of carbonyl (C=O) groups excluding carboxylic acids is 4. The first-order chi connectivity index (χ1) is 19.5. The molecule has 40 heavy (non-hydrogen) atoms. The van der Waals surface area contributed by atoms with Crippen LogP contribution in [-0.4, -0.2) is 65.6 Å². The van der Waals surface area contributed by atoms with E-state index in [-0.39, 0.29) is 18.2 Å². The average Bonchev–Trinajstić information content (AvgIpc) is 3.77. The van der Waals surface area contributed by atoms with Crippen LogP contribution in [0.25, 0.3) is 10.8 Å². The van der Waals surface area contributed by atoms with Gasteiger partial charge in [0, 0.05) is 56.0 Å². The molecule has 4 aliphatic rings. The fourth-order valence-electron chi connectivity index (χ4n) is 6.41. The van der Waals surface area contributed by atoms with Crippen molar-refractivity contribution in [2.75, 3.05) is 31.1 Å². The van der Waals surface area contributed by atoms with Crippen molar-refractivity contribution in [3.8, 4) is 0 Å². The predicted molar refractivity (Wildman–Crippen MR) is 151 cm³/mol. The average molecular weight is 537 g/mol. The van der Waals surface area contributed by atoms with E-state index in [0.29, 0.717) is 23.8 Å². The summed E-state index contributed by atoms with van der Waals surface area (Å²) in [4.78, 5) is 56.0. The van der Waals surface area contributed by atoms with Crippen molar-refractivity contribution >= 4 is 40.1 Å². The number of benzene rings is 3. The highest BCUT2D eigenvalue weighted by Crippen LogP contribution is 2.41. The highest BCUT2D eigenvalue weighted by atomic mass is 16.2. The van der Waals surface area contributed by atoms with Gasteiger partial charge in [0.05, 0.1) is 5.69 Å². The SMILES string of the molecule is O=C1CCC(N2C(=O)c3cccc4c(Cc5ccc(CN6CCN(C(=O)C7CC7)CC6)cc5)ccc2c34)C(=O)N1. The van der Waals surface area contributed by atoms with E-state index in [0.717, 1.165) is 74.0 Å². The van der Waals surface area contributed by atoms with Gasteiger partial charge in [0.25, 0.3) is 5.91 Å². The van der Waals surface area contributed by atoms with Crippen molar-refractivity contribution < 1.29 is 19.2 Å². The Hall–Kier alpha value is -4.04. The number of anilines is 1. The summed E-state index contributed by atoms with van der Waals surface area (Å²) < 4.78 is 0. The molecular formula is C32H32N4O4. The van der Waals surface area contributed by atoms with Gasteiger partial charge in [0.15, 0.2) is 0 Å². The third-order valence-corrected chi connectivity index (χ3v) is 8.77. The standard InChI is InChI=1S/C32H32N4O4/c37-28-13-12-27(30(38)33-28)36-26-11-10-23(24-2-1-3-25(29(24)26)32(36)40)18-20-4-6-21(7-5-20)19-34-14-16-35(17-15-34)31(39)22-8-9-22/h1-7,10-11,22,27H,8-9,12-19H2,(H,33,37,38). The van der Waals surface area contributed by atoms with Crippen LogP contribution in [0.3, 0.4) is 0 Å². The maximum absolute atomic E-state index is 13.4. The van der Waals surface area contributed by atoms with Gasteiger partial charge < -0.3 is 4.90 Å². The summed E-state index contributed by atoms with van der Waals surface area (Å²) in [5, 5.41) is 4.28. The third-order valence-electron chi connectivity index (χ3n) is 8.77. The molecule has 1 atom stereocenters. The smallest absolute Gasteiger partial charge is 0.259 e. The number of piperidine rings is 1. The molecule has 1 aliphatic carbocycles. The van der Waals surface area contributed by atoms with Crippen molar-refractivity contribution in [2.24, 2.45) is 5.92 Å². The minimum atomic E-state index is -0.680. The lowest BCUT2D eigenvalue weighted by atomic mass is 9.95. The molecule has 3 aliphatic heterocycles. The lowest BCUT2D eigenvalue weighted by Crippen LogP contribution is -2.53. The Morgan fingerprint density at radius 3 is 2.33 bits per heavy atom. The first kappa shape index (κ1) is 25.0. The molecule has 0 aromatic heterocycles. The topological polar surface area (TPSA) is 90.0 Å². The molecule has 3 aromatic carbocycles. The first-order valence-electron chi connectivity index (χ1n) is 14.3. The Balaban J connectivity index is 1.06. The first-order valence-corrected chi connectivity index (χ1v) is 14.3. The summed E-state index contributed by atoms with van der Waals surface area (Å²) in [6.07, 6.45) is 3.41. The van der Waals surface area contributed by atoms with E-state index in [1.54, 1.807) is 4.90 Å². The Morgan fingerprint density at radius 2 is 1.60 bits per heavy atom. The number of rotatable bonds is 6. The second-order valence-corrected chi connectivity index (χ2v) is 11.5. The molecule has 3 heterocycles. The van der Waals surface area contributed by atoms with Gasteiger partial charge in [-0.1, -0.05) is 42.5 Å². The minimum Gasteiger partial charge on any atom is -0.340 e. The van der Waals surface area contributed by atoms with Crippen LogP contribution >= 0.6 is 0 Å². The summed E-state index contributed by atoms with van der Waals surface area (Å²) in [6.45, 7) is 4.35. The molecule has 8 nitrogen and oxygen atoms in total. The van der Waals surface area contributed by atoms with Crippen LogP contribution in [0.1, 0.15) is 52.7 Å². The molecule has 3 aromatic rings. The maximum atomic E-state index is 13.4. The van der Waals surface area contributed by atoms with Gasteiger partial charge in [-0.25, -0.2) is 0 Å². The van der Waals surface area contributed by atoms with Crippen molar-refractivity contribution in [1.29, 1.82) is 0 Å². The van der Waals surface area contributed by atoms with E-state index >= 15 is 0 Å². The highest BCUT2D eigenvalue weighted by Gasteiger charge is 2.41. The molecule has 0 radical (unpaired) electrons.